The number of ether oxygens (including phenoxy) is 1. The number of esters is 1. The number of carbonyl (C=O) groups excluding carboxylic acids is 1. The van der Waals surface area contributed by atoms with E-state index in [1.165, 1.54) is 31.9 Å². The Morgan fingerprint density at radius 1 is 1.00 bits per heavy atom. The third-order valence-corrected chi connectivity index (χ3v) is 8.85. The van der Waals surface area contributed by atoms with Crippen LogP contribution >= 0.6 is 0 Å². The molecule has 39 heavy (non-hydrogen) atoms. The first-order chi connectivity index (χ1) is 19.2. The molecule has 0 spiro atoms. The lowest BCUT2D eigenvalue weighted by atomic mass is 9.95. The number of hydrogen-bond donors (Lipinski definition) is 0. The van der Waals surface area contributed by atoms with Gasteiger partial charge >= 0.3 is 5.97 Å². The molecule has 1 saturated carbocycles. The van der Waals surface area contributed by atoms with Gasteiger partial charge in [-0.3, -0.25) is 13.8 Å². The van der Waals surface area contributed by atoms with E-state index in [4.69, 9.17) is 9.72 Å². The number of benzene rings is 2. The number of hydrogen-bond acceptors (Lipinski definition) is 4. The smallest absolute Gasteiger partial charge is 0.337 e. The summed E-state index contributed by atoms with van der Waals surface area (Å²) in [5.74, 6) is 0.448. The van der Waals surface area contributed by atoms with Crippen molar-refractivity contribution in [3.63, 3.8) is 0 Å². The van der Waals surface area contributed by atoms with Gasteiger partial charge in [-0.2, -0.15) is 0 Å². The number of carbonyl (C=O) groups is 1. The number of rotatable bonds is 5. The Balaban J connectivity index is 1.57. The summed E-state index contributed by atoms with van der Waals surface area (Å²) >= 11 is 0. The average Bonchev–Trinajstić information content (AvgIpc) is 3.52. The maximum absolute atomic E-state index is 14.1. The van der Waals surface area contributed by atoms with Crippen molar-refractivity contribution in [2.45, 2.75) is 76.8 Å². The molecule has 0 N–H and O–H groups in total. The van der Waals surface area contributed by atoms with Gasteiger partial charge in [-0.15, -0.1) is 0 Å². The van der Waals surface area contributed by atoms with E-state index >= 15 is 0 Å². The number of aryl methyl sites for hydroxylation is 1. The lowest BCUT2D eigenvalue weighted by Gasteiger charge is -2.25. The van der Waals surface area contributed by atoms with E-state index in [0.29, 0.717) is 5.56 Å². The van der Waals surface area contributed by atoms with Crippen LogP contribution in [0.1, 0.15) is 80.6 Å². The van der Waals surface area contributed by atoms with Crippen LogP contribution in [0, 0.1) is 0 Å². The fourth-order valence-corrected chi connectivity index (χ4v) is 6.88. The highest BCUT2D eigenvalue weighted by Crippen LogP contribution is 2.35. The fraction of sp³-hybridized carbons (Fsp3) is 0.406. The zero-order valence-electron chi connectivity index (χ0n) is 22.5. The standard InChI is InChI=1S/C32H34N4O3/c1-39-31(38)22-16-17-26-27(20-22)36-29-28(33-32(36)34(26)19-18-21-10-4-2-5-11-21)24-14-8-9-15-25(24)30(37)35(29)23-12-6-3-7-13-23/h8-10,14-17,20,23H,2-7,11-13,18-19H2,1H3. The Hall–Kier alpha value is -3.87. The Bertz CT molecular complexity index is 1830. The number of allylic oxidation sites excluding steroid dienone is 2. The summed E-state index contributed by atoms with van der Waals surface area (Å²) in [5.41, 5.74) is 5.63. The maximum Gasteiger partial charge on any atom is 0.337 e. The van der Waals surface area contributed by atoms with Crippen LogP contribution in [0.4, 0.5) is 0 Å². The molecular formula is C32H34N4O3. The van der Waals surface area contributed by atoms with E-state index in [-0.39, 0.29) is 17.6 Å². The van der Waals surface area contributed by atoms with Gasteiger partial charge in [0.1, 0.15) is 5.52 Å². The van der Waals surface area contributed by atoms with Gasteiger partial charge in [0.2, 0.25) is 5.78 Å². The van der Waals surface area contributed by atoms with Gasteiger partial charge in [-0.05, 0) is 69.2 Å². The third-order valence-electron chi connectivity index (χ3n) is 8.85. The SMILES string of the molecule is COC(=O)c1ccc2c(c1)n1c3c(nc1n2CCC1=CCCCC1)c1ccccc1c(=O)n3C1CCCCC1. The topological polar surface area (TPSA) is 70.5 Å². The van der Waals surface area contributed by atoms with Gasteiger partial charge < -0.3 is 9.30 Å². The maximum atomic E-state index is 14.1. The van der Waals surface area contributed by atoms with E-state index in [2.05, 4.69) is 15.0 Å². The van der Waals surface area contributed by atoms with E-state index in [0.717, 1.165) is 90.2 Å². The second kappa shape index (κ2) is 9.70. The molecule has 2 aliphatic rings. The minimum absolute atomic E-state index is 0.0455. The van der Waals surface area contributed by atoms with E-state index in [1.807, 2.05) is 47.0 Å². The second-order valence-electron chi connectivity index (χ2n) is 11.1. The molecule has 1 fully saturated rings. The van der Waals surface area contributed by atoms with E-state index in [1.54, 1.807) is 0 Å². The van der Waals surface area contributed by atoms with Crippen LogP contribution in [-0.2, 0) is 11.3 Å². The summed E-state index contributed by atoms with van der Waals surface area (Å²) in [7, 11) is 1.41. The van der Waals surface area contributed by atoms with Crippen LogP contribution in [0.15, 0.2) is 58.9 Å². The number of nitrogens with zero attached hydrogens (tertiary/aromatic N) is 4. The first kappa shape index (κ1) is 24.2. The molecule has 2 aliphatic carbocycles. The molecule has 200 valence electrons. The summed E-state index contributed by atoms with van der Waals surface area (Å²) < 4.78 is 11.5. The molecule has 5 aromatic rings. The molecule has 0 amide bonds. The zero-order chi connectivity index (χ0) is 26.5. The monoisotopic (exact) mass is 522 g/mol. The van der Waals surface area contributed by atoms with E-state index in [9.17, 15) is 9.59 Å². The van der Waals surface area contributed by atoms with Gasteiger partial charge in [-0.1, -0.05) is 49.1 Å². The van der Waals surface area contributed by atoms with Crippen molar-refractivity contribution in [3.05, 3.63) is 70.0 Å². The highest BCUT2D eigenvalue weighted by atomic mass is 16.5. The van der Waals surface area contributed by atoms with Crippen LogP contribution in [0.5, 0.6) is 0 Å². The zero-order valence-corrected chi connectivity index (χ0v) is 22.5. The van der Waals surface area contributed by atoms with Crippen molar-refractivity contribution in [2.24, 2.45) is 0 Å². The highest BCUT2D eigenvalue weighted by Gasteiger charge is 2.27. The summed E-state index contributed by atoms with van der Waals surface area (Å²) in [5, 5.41) is 1.60. The molecule has 3 heterocycles. The third kappa shape index (κ3) is 3.89. The Morgan fingerprint density at radius 3 is 2.59 bits per heavy atom. The van der Waals surface area contributed by atoms with Crippen LogP contribution < -0.4 is 5.56 Å². The Morgan fingerprint density at radius 2 is 1.82 bits per heavy atom. The molecule has 0 radical (unpaired) electrons. The predicted molar refractivity (Wildman–Crippen MR) is 155 cm³/mol. The summed E-state index contributed by atoms with van der Waals surface area (Å²) in [6.07, 6.45) is 13.6. The van der Waals surface area contributed by atoms with Crippen LogP contribution in [-0.4, -0.2) is 31.6 Å². The van der Waals surface area contributed by atoms with Crippen LogP contribution in [0.25, 0.3) is 38.7 Å². The van der Waals surface area contributed by atoms with Gasteiger partial charge in [0, 0.05) is 23.4 Å². The molecular weight excluding hydrogens is 488 g/mol. The van der Waals surface area contributed by atoms with Crippen LogP contribution in [0.3, 0.4) is 0 Å². The van der Waals surface area contributed by atoms with Crippen molar-refractivity contribution < 1.29 is 9.53 Å². The van der Waals surface area contributed by atoms with Crippen molar-refractivity contribution in [3.8, 4) is 0 Å². The molecule has 7 rings (SSSR count). The molecule has 0 unspecified atom stereocenters. The van der Waals surface area contributed by atoms with Gasteiger partial charge in [0.05, 0.1) is 23.7 Å². The lowest BCUT2D eigenvalue weighted by molar-refractivity contribution is 0.0601. The molecule has 0 saturated heterocycles. The molecule has 0 aliphatic heterocycles. The number of methoxy groups -OCH3 is 1. The minimum Gasteiger partial charge on any atom is -0.465 e. The van der Waals surface area contributed by atoms with Gasteiger partial charge in [0.15, 0.2) is 5.65 Å². The van der Waals surface area contributed by atoms with Gasteiger partial charge in [0.25, 0.3) is 5.56 Å². The van der Waals surface area contributed by atoms with Crippen molar-refractivity contribution in [1.29, 1.82) is 0 Å². The summed E-state index contributed by atoms with van der Waals surface area (Å²) in [4.78, 5) is 31.9. The van der Waals surface area contributed by atoms with E-state index < -0.39 is 0 Å². The van der Waals surface area contributed by atoms with Crippen LogP contribution in [0.2, 0.25) is 0 Å². The predicted octanol–water partition coefficient (Wildman–Crippen LogP) is 6.94. The summed E-state index contributed by atoms with van der Waals surface area (Å²) in [6, 6.07) is 13.7. The first-order valence-corrected chi connectivity index (χ1v) is 14.4. The van der Waals surface area contributed by atoms with Crippen molar-refractivity contribution in [2.75, 3.05) is 7.11 Å². The fourth-order valence-electron chi connectivity index (χ4n) is 6.88. The number of aromatic nitrogens is 4. The minimum atomic E-state index is -0.371. The normalized spacial score (nSPS) is 16.9. The van der Waals surface area contributed by atoms with Crippen molar-refractivity contribution >= 4 is 44.7 Å². The second-order valence-corrected chi connectivity index (χ2v) is 11.1. The highest BCUT2D eigenvalue weighted by molar-refractivity contribution is 6.05. The number of fused-ring (bicyclic) bond motifs is 7. The Kier molecular flexibility index (Phi) is 6.02. The molecule has 7 nitrogen and oxygen atoms in total. The number of imidazole rings is 2. The quantitative estimate of drug-likeness (QED) is 0.185. The molecule has 3 aromatic heterocycles. The first-order valence-electron chi connectivity index (χ1n) is 14.4. The van der Waals surface area contributed by atoms with Gasteiger partial charge in [-0.25, -0.2) is 9.78 Å². The average molecular weight is 523 g/mol. The molecule has 7 heteroatoms. The summed E-state index contributed by atoms with van der Waals surface area (Å²) in [6.45, 7) is 0.797. The largest absolute Gasteiger partial charge is 0.465 e. The molecule has 0 bridgehead atoms. The van der Waals surface area contributed by atoms with Crippen molar-refractivity contribution in [1.82, 2.24) is 18.5 Å². The molecule has 0 atom stereocenters. The lowest BCUT2D eigenvalue weighted by Crippen LogP contribution is -2.27. The number of pyridine rings is 1. The molecule has 2 aromatic carbocycles. The Labute approximate surface area is 226 Å².